The number of aromatic amines is 2. The Labute approximate surface area is 369 Å². The molecule has 2 aliphatic heterocycles. The molecule has 5 aromatic carbocycles. The van der Waals surface area contributed by atoms with Crippen LogP contribution in [0.25, 0.3) is 54.7 Å². The molecular formula is C49H52N8O7. The number of alkyl carbamates (subject to hydrolysis) is 2. The largest absolute Gasteiger partial charge is 0.453 e. The summed E-state index contributed by atoms with van der Waals surface area (Å²) in [7, 11) is 4.24. The number of hydrogen-bond donors (Lipinski definition) is 4. The van der Waals surface area contributed by atoms with Gasteiger partial charge in [-0.1, -0.05) is 80.6 Å². The minimum Gasteiger partial charge on any atom is -0.453 e. The van der Waals surface area contributed by atoms with Crippen LogP contribution in [0.15, 0.2) is 91.0 Å². The molecule has 330 valence electrons. The maximum Gasteiger partial charge on any atom is 0.407 e. The number of fused-ring (bicyclic) bond motifs is 6. The number of methoxy groups -OCH3 is 3. The Morgan fingerprint density at radius 1 is 0.719 bits per heavy atom. The summed E-state index contributed by atoms with van der Waals surface area (Å²) in [5.74, 6) is 0.959. The van der Waals surface area contributed by atoms with Gasteiger partial charge < -0.3 is 44.6 Å². The van der Waals surface area contributed by atoms with E-state index in [-0.39, 0.29) is 35.7 Å². The number of carbonyl (C=O) groups excluding carboxylic acids is 4. The van der Waals surface area contributed by atoms with Crippen molar-refractivity contribution < 1.29 is 33.4 Å². The van der Waals surface area contributed by atoms with Crippen LogP contribution in [0.2, 0.25) is 0 Å². The quantitative estimate of drug-likeness (QED) is 0.0999. The average Bonchev–Trinajstić information content (AvgIpc) is 4.15. The van der Waals surface area contributed by atoms with Crippen molar-refractivity contribution in [3.63, 3.8) is 0 Å². The fraction of sp³-hybridized carbons (Fsp3) is 0.347. The zero-order valence-electron chi connectivity index (χ0n) is 36.5. The highest BCUT2D eigenvalue weighted by molar-refractivity contribution is 6.07. The van der Waals surface area contributed by atoms with E-state index in [4.69, 9.17) is 24.2 Å². The molecule has 0 unspecified atom stereocenters. The lowest BCUT2D eigenvalue weighted by molar-refractivity contribution is -0.136. The number of nitrogens with one attached hydrogen (secondary N) is 4. The van der Waals surface area contributed by atoms with Gasteiger partial charge in [0.2, 0.25) is 5.91 Å². The third-order valence-corrected chi connectivity index (χ3v) is 12.8. The van der Waals surface area contributed by atoms with Crippen molar-refractivity contribution in [2.45, 2.75) is 57.3 Å². The van der Waals surface area contributed by atoms with Crippen molar-refractivity contribution in [2.75, 3.05) is 41.0 Å². The van der Waals surface area contributed by atoms with Crippen LogP contribution >= 0.6 is 0 Å². The number of imidazole rings is 2. The molecule has 64 heavy (non-hydrogen) atoms. The first-order valence-corrected chi connectivity index (χ1v) is 21.7. The van der Waals surface area contributed by atoms with Crippen LogP contribution in [0.4, 0.5) is 9.59 Å². The Hall–Kier alpha value is -7.00. The summed E-state index contributed by atoms with van der Waals surface area (Å²) in [6.45, 7) is 5.33. The standard InChI is InChI=1S/C49H52N8O7/c1-27(2)40(54-48(60)63-4)46(58)57-25-28(26-62-3)22-39(57)45-51-37-20-16-33-24-31(14-18-35(33)43(37)53-45)30-13-17-34-32(23-30)15-19-36-42(34)52-44(50-36)38-12-9-21-56(38)47(59)41(55-49(61)64-5)29-10-7-6-8-11-29/h6-8,10-11,13-20,23-24,27-28,38-41H,9,12,21-22,25-26H2,1-5H3,(H,50,52)(H,51,53)(H,54,60)(H,55,61)/t28-,38-,39-,40-,41+/m0/s1. The van der Waals surface area contributed by atoms with Crippen LogP contribution in [-0.4, -0.2) is 101 Å². The number of amides is 4. The smallest absolute Gasteiger partial charge is 0.407 e. The zero-order chi connectivity index (χ0) is 44.6. The highest BCUT2D eigenvalue weighted by atomic mass is 16.5. The van der Waals surface area contributed by atoms with Gasteiger partial charge in [-0.05, 0) is 76.9 Å². The number of H-pyrrole nitrogens is 2. The molecule has 15 nitrogen and oxygen atoms in total. The number of ether oxygens (including phenoxy) is 3. The number of hydrogen-bond acceptors (Lipinski definition) is 9. The van der Waals surface area contributed by atoms with Crippen LogP contribution in [0.5, 0.6) is 0 Å². The summed E-state index contributed by atoms with van der Waals surface area (Å²) in [5, 5.41) is 9.59. The summed E-state index contributed by atoms with van der Waals surface area (Å²) >= 11 is 0. The van der Waals surface area contributed by atoms with Gasteiger partial charge in [0.1, 0.15) is 23.7 Å². The van der Waals surface area contributed by atoms with E-state index in [1.165, 1.54) is 14.2 Å². The lowest BCUT2D eigenvalue weighted by atomic mass is 9.98. The van der Waals surface area contributed by atoms with Gasteiger partial charge in [-0.2, -0.15) is 0 Å². The molecule has 0 bridgehead atoms. The number of nitrogens with zero attached hydrogens (tertiary/aromatic N) is 4. The van der Waals surface area contributed by atoms with Crippen LogP contribution in [-0.2, 0) is 23.8 Å². The molecule has 4 N–H and O–H groups in total. The Kier molecular flexibility index (Phi) is 11.7. The van der Waals surface area contributed by atoms with Gasteiger partial charge in [-0.15, -0.1) is 0 Å². The van der Waals surface area contributed by atoms with E-state index in [9.17, 15) is 19.2 Å². The lowest BCUT2D eigenvalue weighted by Crippen LogP contribution is -2.51. The Morgan fingerprint density at radius 3 is 1.89 bits per heavy atom. The van der Waals surface area contributed by atoms with Crippen molar-refractivity contribution in [3.05, 3.63) is 108 Å². The van der Waals surface area contributed by atoms with Gasteiger partial charge in [0.15, 0.2) is 0 Å². The van der Waals surface area contributed by atoms with E-state index in [1.807, 2.05) is 61.2 Å². The van der Waals surface area contributed by atoms with Gasteiger partial charge in [-0.3, -0.25) is 9.59 Å². The molecule has 2 saturated heterocycles. The van der Waals surface area contributed by atoms with E-state index in [0.717, 1.165) is 67.6 Å². The molecule has 0 aliphatic carbocycles. The first kappa shape index (κ1) is 42.3. The molecule has 9 rings (SSSR count). The second-order valence-corrected chi connectivity index (χ2v) is 17.1. The monoisotopic (exact) mass is 864 g/mol. The number of aromatic nitrogens is 4. The van der Waals surface area contributed by atoms with Crippen molar-refractivity contribution in [3.8, 4) is 11.1 Å². The van der Waals surface area contributed by atoms with E-state index in [0.29, 0.717) is 43.3 Å². The van der Waals surface area contributed by atoms with Gasteiger partial charge in [-0.25, -0.2) is 19.6 Å². The van der Waals surface area contributed by atoms with Gasteiger partial charge in [0, 0.05) is 36.9 Å². The molecule has 2 fully saturated rings. The fourth-order valence-electron chi connectivity index (χ4n) is 9.58. The Balaban J connectivity index is 0.982. The van der Waals surface area contributed by atoms with E-state index < -0.39 is 24.3 Å². The number of likely N-dealkylation sites (tertiary alicyclic amines) is 2. The summed E-state index contributed by atoms with van der Waals surface area (Å²) in [5.41, 5.74) is 6.20. The molecule has 2 aliphatic rings. The summed E-state index contributed by atoms with van der Waals surface area (Å²) < 4.78 is 15.2. The van der Waals surface area contributed by atoms with Crippen molar-refractivity contribution >= 4 is 67.6 Å². The topological polar surface area (TPSA) is 184 Å². The molecule has 0 saturated carbocycles. The lowest BCUT2D eigenvalue weighted by Gasteiger charge is -2.30. The maximum atomic E-state index is 14.1. The minimum atomic E-state index is -0.896. The molecular weight excluding hydrogens is 813 g/mol. The minimum absolute atomic E-state index is 0.107. The third kappa shape index (κ3) is 7.95. The molecule has 0 spiro atoms. The molecule has 5 atom stereocenters. The highest BCUT2D eigenvalue weighted by Gasteiger charge is 2.42. The highest BCUT2D eigenvalue weighted by Crippen LogP contribution is 2.39. The van der Waals surface area contributed by atoms with Gasteiger partial charge in [0.25, 0.3) is 5.91 Å². The van der Waals surface area contributed by atoms with Gasteiger partial charge >= 0.3 is 12.2 Å². The second kappa shape index (κ2) is 17.6. The molecule has 2 aromatic heterocycles. The Bertz CT molecular complexity index is 2890. The van der Waals surface area contributed by atoms with Crippen LogP contribution < -0.4 is 10.6 Å². The summed E-state index contributed by atoms with van der Waals surface area (Å²) in [4.78, 5) is 73.5. The van der Waals surface area contributed by atoms with Crippen molar-refractivity contribution in [1.29, 1.82) is 0 Å². The van der Waals surface area contributed by atoms with E-state index in [2.05, 4.69) is 69.1 Å². The summed E-state index contributed by atoms with van der Waals surface area (Å²) in [6, 6.07) is 27.9. The van der Waals surface area contributed by atoms with E-state index >= 15 is 0 Å². The summed E-state index contributed by atoms with van der Waals surface area (Å²) in [6.07, 6.45) is 0.898. The first-order chi connectivity index (χ1) is 31.0. The second-order valence-electron chi connectivity index (χ2n) is 17.1. The Morgan fingerprint density at radius 2 is 1.31 bits per heavy atom. The molecule has 15 heteroatoms. The predicted octanol–water partition coefficient (Wildman–Crippen LogP) is 8.09. The average molecular weight is 865 g/mol. The van der Waals surface area contributed by atoms with Crippen molar-refractivity contribution in [2.24, 2.45) is 11.8 Å². The number of benzene rings is 5. The fourth-order valence-corrected chi connectivity index (χ4v) is 9.58. The van der Waals surface area contributed by atoms with Crippen molar-refractivity contribution in [1.82, 2.24) is 40.4 Å². The van der Waals surface area contributed by atoms with Gasteiger partial charge in [0.05, 0.1) is 55.0 Å². The predicted molar refractivity (Wildman–Crippen MR) is 243 cm³/mol. The van der Waals surface area contributed by atoms with Crippen LogP contribution in [0.3, 0.4) is 0 Å². The molecule has 4 amide bonds. The normalized spacial score (nSPS) is 18.6. The maximum absolute atomic E-state index is 14.1. The third-order valence-electron chi connectivity index (χ3n) is 12.8. The molecule has 7 aromatic rings. The number of carbonyl (C=O) groups is 4. The van der Waals surface area contributed by atoms with E-state index in [1.54, 1.807) is 12.0 Å². The molecule has 4 heterocycles. The zero-order valence-corrected chi connectivity index (χ0v) is 36.5. The molecule has 0 radical (unpaired) electrons. The number of rotatable bonds is 11. The first-order valence-electron chi connectivity index (χ1n) is 21.7. The SMILES string of the molecule is COC[C@H]1C[C@@H](c2nc3ccc4cc(-c5ccc6c(ccc7nc([C@@H]8CCCN8C(=O)[C@H](NC(=O)OC)c8ccccc8)[nH]c76)c5)ccc4c3[nH]2)N(C(=O)[C@@H](NC(=O)OC)C(C)C)C1. The van der Waals surface area contributed by atoms with Crippen LogP contribution in [0.1, 0.15) is 68.4 Å². The van der Waals surface area contributed by atoms with Crippen LogP contribution in [0, 0.1) is 11.8 Å².